The zero-order valence-corrected chi connectivity index (χ0v) is 8.91. The van der Waals surface area contributed by atoms with E-state index in [2.05, 4.69) is 15.3 Å². The number of hydrogen-bond acceptors (Lipinski definition) is 4. The van der Waals surface area contributed by atoms with Crippen LogP contribution in [0.5, 0.6) is 0 Å². The molecule has 0 radical (unpaired) electrons. The monoisotopic (exact) mass is 195 g/mol. The standard InChI is InChI=1S/C10H17N3O/c1-4-10(3,7-14)13-9-11-5-8(2)6-12-9/h5-6,14H,4,7H2,1-3H3,(H,11,12,13). The lowest BCUT2D eigenvalue weighted by molar-refractivity contribution is 0.218. The van der Waals surface area contributed by atoms with E-state index in [4.69, 9.17) is 0 Å². The predicted octanol–water partition coefficient (Wildman–Crippen LogP) is 1.36. The van der Waals surface area contributed by atoms with E-state index in [9.17, 15) is 5.11 Å². The van der Waals surface area contributed by atoms with E-state index in [0.717, 1.165) is 12.0 Å². The molecular formula is C10H17N3O. The quantitative estimate of drug-likeness (QED) is 0.761. The van der Waals surface area contributed by atoms with E-state index < -0.39 is 0 Å². The average Bonchev–Trinajstić information content (AvgIpc) is 2.21. The highest BCUT2D eigenvalue weighted by Crippen LogP contribution is 2.14. The Bertz CT molecular complexity index is 280. The first-order valence-electron chi connectivity index (χ1n) is 4.77. The molecule has 0 fully saturated rings. The molecule has 0 amide bonds. The molecule has 1 heterocycles. The number of hydrogen-bond donors (Lipinski definition) is 2. The minimum Gasteiger partial charge on any atom is -0.394 e. The van der Waals surface area contributed by atoms with Crippen LogP contribution in [0.15, 0.2) is 12.4 Å². The third-order valence-electron chi connectivity index (χ3n) is 2.32. The number of rotatable bonds is 4. The van der Waals surface area contributed by atoms with Crippen LogP contribution in [-0.2, 0) is 0 Å². The SMILES string of the molecule is CCC(C)(CO)Nc1ncc(C)cn1. The maximum Gasteiger partial charge on any atom is 0.223 e. The van der Waals surface area contributed by atoms with Crippen molar-refractivity contribution in [1.29, 1.82) is 0 Å². The molecule has 0 bridgehead atoms. The molecule has 0 spiro atoms. The van der Waals surface area contributed by atoms with Crippen LogP contribution in [0.3, 0.4) is 0 Å². The van der Waals surface area contributed by atoms with E-state index in [-0.39, 0.29) is 12.1 Å². The van der Waals surface area contributed by atoms with Gasteiger partial charge in [-0.1, -0.05) is 6.92 Å². The molecule has 78 valence electrons. The number of aliphatic hydroxyl groups is 1. The molecule has 1 aromatic rings. The van der Waals surface area contributed by atoms with Gasteiger partial charge in [-0.2, -0.15) is 0 Å². The number of anilines is 1. The van der Waals surface area contributed by atoms with Gasteiger partial charge in [-0.15, -0.1) is 0 Å². The van der Waals surface area contributed by atoms with Gasteiger partial charge >= 0.3 is 0 Å². The second kappa shape index (κ2) is 4.37. The Hall–Kier alpha value is -1.16. The molecule has 1 atom stereocenters. The summed E-state index contributed by atoms with van der Waals surface area (Å²) in [5, 5.41) is 12.3. The van der Waals surface area contributed by atoms with Crippen LogP contribution in [0, 0.1) is 6.92 Å². The van der Waals surface area contributed by atoms with Gasteiger partial charge in [0.2, 0.25) is 5.95 Å². The zero-order valence-electron chi connectivity index (χ0n) is 8.91. The van der Waals surface area contributed by atoms with Crippen LogP contribution >= 0.6 is 0 Å². The summed E-state index contributed by atoms with van der Waals surface area (Å²) in [6.45, 7) is 5.96. The Morgan fingerprint density at radius 1 is 1.43 bits per heavy atom. The molecule has 1 unspecified atom stereocenters. The number of aromatic nitrogens is 2. The van der Waals surface area contributed by atoms with Gasteiger partial charge in [0.05, 0.1) is 12.1 Å². The summed E-state index contributed by atoms with van der Waals surface area (Å²) in [5.74, 6) is 0.564. The molecule has 1 rings (SSSR count). The molecule has 0 aliphatic carbocycles. The summed E-state index contributed by atoms with van der Waals surface area (Å²) < 4.78 is 0. The molecule has 0 saturated carbocycles. The second-order valence-electron chi connectivity index (χ2n) is 3.78. The summed E-state index contributed by atoms with van der Waals surface area (Å²) in [5.41, 5.74) is 0.688. The molecule has 4 nitrogen and oxygen atoms in total. The molecule has 2 N–H and O–H groups in total. The summed E-state index contributed by atoms with van der Waals surface area (Å²) in [4.78, 5) is 8.25. The van der Waals surface area contributed by atoms with Crippen molar-refractivity contribution in [1.82, 2.24) is 9.97 Å². The third kappa shape index (κ3) is 2.67. The topological polar surface area (TPSA) is 58.0 Å². The van der Waals surface area contributed by atoms with Crippen molar-refractivity contribution in [3.05, 3.63) is 18.0 Å². The fraction of sp³-hybridized carbons (Fsp3) is 0.600. The van der Waals surface area contributed by atoms with Crippen molar-refractivity contribution in [3.63, 3.8) is 0 Å². The lowest BCUT2D eigenvalue weighted by atomic mass is 10.0. The lowest BCUT2D eigenvalue weighted by Crippen LogP contribution is -2.38. The molecule has 0 aliphatic rings. The van der Waals surface area contributed by atoms with Gasteiger partial charge in [0.15, 0.2) is 0 Å². The van der Waals surface area contributed by atoms with Gasteiger partial charge in [-0.25, -0.2) is 9.97 Å². The molecule has 0 saturated heterocycles. The first kappa shape index (κ1) is 10.9. The molecular weight excluding hydrogens is 178 g/mol. The first-order valence-corrected chi connectivity index (χ1v) is 4.77. The van der Waals surface area contributed by atoms with E-state index in [0.29, 0.717) is 5.95 Å². The Morgan fingerprint density at radius 3 is 2.43 bits per heavy atom. The van der Waals surface area contributed by atoms with E-state index >= 15 is 0 Å². The maximum absolute atomic E-state index is 9.18. The van der Waals surface area contributed by atoms with Crippen molar-refractivity contribution in [3.8, 4) is 0 Å². The molecule has 0 aliphatic heterocycles. The molecule has 14 heavy (non-hydrogen) atoms. The first-order chi connectivity index (χ1) is 6.59. The van der Waals surface area contributed by atoms with Crippen molar-refractivity contribution < 1.29 is 5.11 Å². The summed E-state index contributed by atoms with van der Waals surface area (Å²) in [6, 6.07) is 0. The summed E-state index contributed by atoms with van der Waals surface area (Å²) in [6.07, 6.45) is 4.33. The molecule has 4 heteroatoms. The predicted molar refractivity (Wildman–Crippen MR) is 56.2 cm³/mol. The maximum atomic E-state index is 9.18. The van der Waals surface area contributed by atoms with E-state index in [1.807, 2.05) is 20.8 Å². The van der Waals surface area contributed by atoms with Crippen LogP contribution in [0.2, 0.25) is 0 Å². The van der Waals surface area contributed by atoms with E-state index in [1.54, 1.807) is 12.4 Å². The van der Waals surface area contributed by atoms with Crippen molar-refractivity contribution in [2.75, 3.05) is 11.9 Å². The Morgan fingerprint density at radius 2 is 2.00 bits per heavy atom. The number of nitrogens with one attached hydrogen (secondary N) is 1. The highest BCUT2D eigenvalue weighted by atomic mass is 16.3. The van der Waals surface area contributed by atoms with Crippen LogP contribution < -0.4 is 5.32 Å². The summed E-state index contributed by atoms with van der Waals surface area (Å²) in [7, 11) is 0. The normalized spacial score (nSPS) is 14.9. The molecule has 1 aromatic heterocycles. The van der Waals surface area contributed by atoms with Crippen LogP contribution in [0.4, 0.5) is 5.95 Å². The second-order valence-corrected chi connectivity index (χ2v) is 3.78. The number of aliphatic hydroxyl groups excluding tert-OH is 1. The Kier molecular flexibility index (Phi) is 3.41. The van der Waals surface area contributed by atoms with Crippen LogP contribution in [-0.4, -0.2) is 27.2 Å². The lowest BCUT2D eigenvalue weighted by Gasteiger charge is -2.26. The van der Waals surface area contributed by atoms with Gasteiger partial charge in [-0.3, -0.25) is 0 Å². The van der Waals surface area contributed by atoms with Crippen LogP contribution in [0.25, 0.3) is 0 Å². The summed E-state index contributed by atoms with van der Waals surface area (Å²) >= 11 is 0. The van der Waals surface area contributed by atoms with Gasteiger partial charge < -0.3 is 10.4 Å². The van der Waals surface area contributed by atoms with Gasteiger partial charge in [0.1, 0.15) is 0 Å². The van der Waals surface area contributed by atoms with Crippen LogP contribution in [0.1, 0.15) is 25.8 Å². The largest absolute Gasteiger partial charge is 0.394 e. The Balaban J connectivity index is 2.72. The smallest absolute Gasteiger partial charge is 0.223 e. The highest BCUT2D eigenvalue weighted by Gasteiger charge is 2.21. The van der Waals surface area contributed by atoms with Crippen molar-refractivity contribution in [2.45, 2.75) is 32.7 Å². The van der Waals surface area contributed by atoms with Gasteiger partial charge in [-0.05, 0) is 25.8 Å². The van der Waals surface area contributed by atoms with E-state index in [1.165, 1.54) is 0 Å². The minimum atomic E-state index is -0.338. The number of aryl methyl sites for hydroxylation is 1. The van der Waals surface area contributed by atoms with Gasteiger partial charge in [0.25, 0.3) is 0 Å². The highest BCUT2D eigenvalue weighted by molar-refractivity contribution is 5.28. The number of nitrogens with zero attached hydrogens (tertiary/aromatic N) is 2. The van der Waals surface area contributed by atoms with Crippen molar-refractivity contribution >= 4 is 5.95 Å². The molecule has 0 aromatic carbocycles. The minimum absolute atomic E-state index is 0.0702. The Labute approximate surface area is 84.4 Å². The fourth-order valence-corrected chi connectivity index (χ4v) is 0.967. The zero-order chi connectivity index (χ0) is 10.6. The van der Waals surface area contributed by atoms with Crippen molar-refractivity contribution in [2.24, 2.45) is 0 Å². The third-order valence-corrected chi connectivity index (χ3v) is 2.32. The average molecular weight is 195 g/mol. The van der Waals surface area contributed by atoms with Gasteiger partial charge in [0, 0.05) is 12.4 Å². The fourth-order valence-electron chi connectivity index (χ4n) is 0.967.